The van der Waals surface area contributed by atoms with E-state index in [4.69, 9.17) is 16.3 Å². The van der Waals surface area contributed by atoms with Gasteiger partial charge in [0.25, 0.3) is 11.8 Å². The molecule has 0 radical (unpaired) electrons. The highest BCUT2D eigenvalue weighted by Crippen LogP contribution is 2.25. The third kappa shape index (κ3) is 4.73. The number of rotatable bonds is 6. The summed E-state index contributed by atoms with van der Waals surface area (Å²) in [6.45, 7) is 3.92. The molecular weight excluding hydrogens is 340 g/mol. The first-order chi connectivity index (χ1) is 12.0. The molecule has 0 aliphatic carbocycles. The van der Waals surface area contributed by atoms with E-state index in [1.165, 1.54) is 13.2 Å². The highest BCUT2D eigenvalue weighted by Gasteiger charge is 2.16. The van der Waals surface area contributed by atoms with Crippen molar-refractivity contribution in [2.75, 3.05) is 12.4 Å². The summed E-state index contributed by atoms with van der Waals surface area (Å²) in [6.07, 6.45) is 0.824. The number of carbonyl (C=O) groups excluding carboxylic acids is 2. The number of amides is 2. The van der Waals surface area contributed by atoms with Gasteiger partial charge in [0.2, 0.25) is 0 Å². The molecule has 1 unspecified atom stereocenters. The normalized spacial score (nSPS) is 11.5. The fourth-order valence-electron chi connectivity index (χ4n) is 2.20. The van der Waals surface area contributed by atoms with Crippen LogP contribution in [0, 0.1) is 0 Å². The van der Waals surface area contributed by atoms with E-state index >= 15 is 0 Å². The molecular formula is C19H21ClN2O3. The average Bonchev–Trinajstić information content (AvgIpc) is 2.61. The predicted molar refractivity (Wildman–Crippen MR) is 99.6 cm³/mol. The van der Waals surface area contributed by atoms with Crippen molar-refractivity contribution in [2.45, 2.75) is 26.3 Å². The summed E-state index contributed by atoms with van der Waals surface area (Å²) in [5.41, 5.74) is 1.24. The number of methoxy groups -OCH3 is 1. The standard InChI is InChI=1S/C19H21ClN2O3/c1-4-12(2)21-19(24)14-7-5-6-8-16(14)22-18(23)13-9-10-17(25-3)15(20)11-13/h5-12H,4H2,1-3H3,(H,21,24)(H,22,23). The van der Waals surface area contributed by atoms with Crippen molar-refractivity contribution in [3.8, 4) is 5.75 Å². The molecule has 2 aromatic carbocycles. The lowest BCUT2D eigenvalue weighted by molar-refractivity contribution is 0.0940. The van der Waals surface area contributed by atoms with E-state index in [-0.39, 0.29) is 17.9 Å². The van der Waals surface area contributed by atoms with Crippen molar-refractivity contribution in [3.63, 3.8) is 0 Å². The van der Waals surface area contributed by atoms with Crippen molar-refractivity contribution in [1.29, 1.82) is 0 Å². The number of anilines is 1. The summed E-state index contributed by atoms with van der Waals surface area (Å²) in [6, 6.07) is 11.7. The van der Waals surface area contributed by atoms with Gasteiger partial charge in [-0.2, -0.15) is 0 Å². The van der Waals surface area contributed by atoms with Gasteiger partial charge in [0.15, 0.2) is 0 Å². The Kier molecular flexibility index (Phi) is 6.42. The molecule has 6 heteroatoms. The molecule has 5 nitrogen and oxygen atoms in total. The second-order valence-electron chi connectivity index (χ2n) is 5.63. The van der Waals surface area contributed by atoms with Crippen molar-refractivity contribution in [3.05, 3.63) is 58.6 Å². The van der Waals surface area contributed by atoms with Gasteiger partial charge in [0, 0.05) is 11.6 Å². The third-order valence-corrected chi connectivity index (χ3v) is 4.12. The Morgan fingerprint density at radius 1 is 1.16 bits per heavy atom. The van der Waals surface area contributed by atoms with Crippen molar-refractivity contribution in [2.24, 2.45) is 0 Å². The van der Waals surface area contributed by atoms with Crippen LogP contribution in [0.3, 0.4) is 0 Å². The fraction of sp³-hybridized carbons (Fsp3) is 0.263. The van der Waals surface area contributed by atoms with E-state index in [9.17, 15) is 9.59 Å². The summed E-state index contributed by atoms with van der Waals surface area (Å²) in [5.74, 6) is -0.0853. The zero-order valence-corrected chi connectivity index (χ0v) is 15.2. The number of halogens is 1. The van der Waals surface area contributed by atoms with Crippen LogP contribution in [0.4, 0.5) is 5.69 Å². The molecule has 0 spiro atoms. The second-order valence-corrected chi connectivity index (χ2v) is 6.04. The zero-order valence-electron chi connectivity index (χ0n) is 14.4. The molecule has 2 amide bonds. The zero-order chi connectivity index (χ0) is 18.4. The lowest BCUT2D eigenvalue weighted by Crippen LogP contribution is -2.32. The summed E-state index contributed by atoms with van der Waals surface area (Å²) in [7, 11) is 1.51. The van der Waals surface area contributed by atoms with E-state index < -0.39 is 0 Å². The summed E-state index contributed by atoms with van der Waals surface area (Å²) in [5, 5.41) is 6.01. The number of hydrogen-bond acceptors (Lipinski definition) is 3. The van der Waals surface area contributed by atoms with Crippen LogP contribution >= 0.6 is 11.6 Å². The van der Waals surface area contributed by atoms with Gasteiger partial charge >= 0.3 is 0 Å². The van der Waals surface area contributed by atoms with Gasteiger partial charge in [-0.15, -0.1) is 0 Å². The molecule has 0 bridgehead atoms. The minimum atomic E-state index is -0.353. The largest absolute Gasteiger partial charge is 0.495 e. The van der Waals surface area contributed by atoms with E-state index in [0.717, 1.165) is 6.42 Å². The molecule has 0 fully saturated rings. The van der Waals surface area contributed by atoms with Gasteiger partial charge in [0.1, 0.15) is 5.75 Å². The van der Waals surface area contributed by atoms with E-state index in [2.05, 4.69) is 10.6 Å². The lowest BCUT2D eigenvalue weighted by atomic mass is 10.1. The third-order valence-electron chi connectivity index (χ3n) is 3.82. The van der Waals surface area contributed by atoms with Crippen LogP contribution in [0.1, 0.15) is 41.0 Å². The molecule has 2 N–H and O–H groups in total. The Morgan fingerprint density at radius 3 is 2.52 bits per heavy atom. The first-order valence-corrected chi connectivity index (χ1v) is 8.38. The highest BCUT2D eigenvalue weighted by molar-refractivity contribution is 6.32. The van der Waals surface area contributed by atoms with E-state index in [1.54, 1.807) is 36.4 Å². The Bertz CT molecular complexity index is 777. The molecule has 1 atom stereocenters. The molecule has 0 aliphatic heterocycles. The molecule has 0 saturated heterocycles. The van der Waals surface area contributed by atoms with Gasteiger partial charge in [-0.25, -0.2) is 0 Å². The fourth-order valence-corrected chi connectivity index (χ4v) is 2.45. The molecule has 0 saturated carbocycles. The topological polar surface area (TPSA) is 67.4 Å². The Balaban J connectivity index is 2.21. The monoisotopic (exact) mass is 360 g/mol. The molecule has 2 rings (SSSR count). The molecule has 2 aromatic rings. The minimum Gasteiger partial charge on any atom is -0.495 e. The van der Waals surface area contributed by atoms with Crippen LogP contribution in [-0.4, -0.2) is 25.0 Å². The number of hydrogen-bond donors (Lipinski definition) is 2. The number of ether oxygens (including phenoxy) is 1. The van der Waals surface area contributed by atoms with Crippen LogP contribution in [-0.2, 0) is 0 Å². The van der Waals surface area contributed by atoms with Crippen LogP contribution in [0.5, 0.6) is 5.75 Å². The SMILES string of the molecule is CCC(C)NC(=O)c1ccccc1NC(=O)c1ccc(OC)c(Cl)c1. The predicted octanol–water partition coefficient (Wildman–Crippen LogP) is 4.13. The maximum Gasteiger partial charge on any atom is 0.255 e. The highest BCUT2D eigenvalue weighted by atomic mass is 35.5. The average molecular weight is 361 g/mol. The van der Waals surface area contributed by atoms with Crippen LogP contribution in [0.25, 0.3) is 0 Å². The maximum atomic E-state index is 12.5. The van der Waals surface area contributed by atoms with Crippen LogP contribution in [0.2, 0.25) is 5.02 Å². The van der Waals surface area contributed by atoms with Gasteiger partial charge in [-0.3, -0.25) is 9.59 Å². The number of nitrogens with one attached hydrogen (secondary N) is 2. The molecule has 0 aliphatic rings. The van der Waals surface area contributed by atoms with Crippen molar-refractivity contribution in [1.82, 2.24) is 5.32 Å². The second kappa shape index (κ2) is 8.53. The maximum absolute atomic E-state index is 12.5. The Morgan fingerprint density at radius 2 is 1.88 bits per heavy atom. The smallest absolute Gasteiger partial charge is 0.255 e. The van der Waals surface area contributed by atoms with E-state index in [1.807, 2.05) is 13.8 Å². The quantitative estimate of drug-likeness (QED) is 0.813. The molecule has 0 heterocycles. The van der Waals surface area contributed by atoms with Gasteiger partial charge in [-0.05, 0) is 43.7 Å². The molecule has 25 heavy (non-hydrogen) atoms. The van der Waals surface area contributed by atoms with Gasteiger partial charge < -0.3 is 15.4 Å². The van der Waals surface area contributed by atoms with E-state index in [0.29, 0.717) is 27.6 Å². The summed E-state index contributed by atoms with van der Waals surface area (Å²) < 4.78 is 5.08. The Hall–Kier alpha value is -2.53. The number of carbonyl (C=O) groups is 2. The summed E-state index contributed by atoms with van der Waals surface area (Å²) >= 11 is 6.06. The van der Waals surface area contributed by atoms with Gasteiger partial charge in [-0.1, -0.05) is 30.7 Å². The van der Waals surface area contributed by atoms with Crippen LogP contribution in [0.15, 0.2) is 42.5 Å². The Labute approximate surface area is 152 Å². The van der Waals surface area contributed by atoms with Crippen molar-refractivity contribution < 1.29 is 14.3 Å². The molecule has 0 aromatic heterocycles. The first-order valence-electron chi connectivity index (χ1n) is 8.01. The van der Waals surface area contributed by atoms with Crippen molar-refractivity contribution >= 4 is 29.1 Å². The summed E-state index contributed by atoms with van der Waals surface area (Å²) in [4.78, 5) is 24.9. The number of para-hydroxylation sites is 1. The van der Waals surface area contributed by atoms with Gasteiger partial charge in [0.05, 0.1) is 23.4 Å². The number of benzene rings is 2. The van der Waals surface area contributed by atoms with Crippen LogP contribution < -0.4 is 15.4 Å². The first kappa shape index (κ1) is 18.8. The molecule has 132 valence electrons. The minimum absolute atomic E-state index is 0.0525. The lowest BCUT2D eigenvalue weighted by Gasteiger charge is -2.15.